The first-order valence-corrected chi connectivity index (χ1v) is 16.7. The van der Waals surface area contributed by atoms with Gasteiger partial charge in [0.15, 0.2) is 5.65 Å². The Balaban J connectivity index is 1.17. The van der Waals surface area contributed by atoms with Gasteiger partial charge in [0.25, 0.3) is 11.8 Å². The predicted octanol–water partition coefficient (Wildman–Crippen LogP) is 5.54. The number of aromatic amines is 1. The number of pyridine rings is 1. The molecule has 2 fully saturated rings. The molecule has 1 N–H and O–H groups in total. The molecule has 12 heteroatoms. The molecular formula is C38H34FN5O6. The van der Waals surface area contributed by atoms with Gasteiger partial charge in [0, 0.05) is 41.7 Å². The number of carbonyl (C=O) groups excluding carboxylic acids is 3. The second kappa shape index (κ2) is 13.0. The van der Waals surface area contributed by atoms with E-state index < -0.39 is 17.7 Å². The fourth-order valence-corrected chi connectivity index (χ4v) is 6.75. The average Bonchev–Trinajstić information content (AvgIpc) is 3.93. The molecule has 2 aromatic heterocycles. The Bertz CT molecular complexity index is 2140. The van der Waals surface area contributed by atoms with E-state index in [0.717, 1.165) is 24.0 Å². The Kier molecular flexibility index (Phi) is 8.23. The number of benzene rings is 3. The van der Waals surface area contributed by atoms with Crippen LogP contribution in [-0.4, -0.2) is 84.2 Å². The minimum atomic E-state index is -0.620. The number of fused-ring (bicyclic) bond motifs is 2. The Hall–Kier alpha value is -5.62. The quantitative estimate of drug-likeness (QED) is 0.223. The number of aromatic nitrogens is 3. The summed E-state index contributed by atoms with van der Waals surface area (Å²) in [7, 11) is 1.31. The van der Waals surface area contributed by atoms with Crippen molar-refractivity contribution in [2.24, 2.45) is 0 Å². The van der Waals surface area contributed by atoms with E-state index in [2.05, 4.69) is 9.97 Å². The molecule has 8 rings (SSSR count). The maximum Gasteiger partial charge on any atom is 0.310 e. The molecule has 3 aliphatic rings. The minimum Gasteiger partial charge on any atom is -0.491 e. The number of amides is 2. The van der Waals surface area contributed by atoms with E-state index in [0.29, 0.717) is 77.2 Å². The van der Waals surface area contributed by atoms with E-state index in [1.807, 2.05) is 18.2 Å². The third kappa shape index (κ3) is 5.85. The molecule has 0 atom stereocenters. The summed E-state index contributed by atoms with van der Waals surface area (Å²) >= 11 is 0. The molecule has 0 radical (unpaired) electrons. The fraction of sp³-hybridized carbons (Fsp3) is 0.289. The lowest BCUT2D eigenvalue weighted by Crippen LogP contribution is -2.40. The lowest BCUT2D eigenvalue weighted by atomic mass is 9.95. The van der Waals surface area contributed by atoms with E-state index in [1.54, 1.807) is 47.5 Å². The Labute approximate surface area is 287 Å². The molecule has 1 aliphatic carbocycles. The fourth-order valence-electron chi connectivity index (χ4n) is 6.75. The van der Waals surface area contributed by atoms with Crippen LogP contribution >= 0.6 is 0 Å². The van der Waals surface area contributed by atoms with Gasteiger partial charge in [-0.25, -0.2) is 14.4 Å². The number of H-pyrrole nitrogens is 1. The molecule has 3 aromatic carbocycles. The number of hydrogen-bond donors (Lipinski definition) is 1. The van der Waals surface area contributed by atoms with Crippen molar-refractivity contribution >= 4 is 34.6 Å². The van der Waals surface area contributed by atoms with Crippen LogP contribution in [0.5, 0.6) is 5.75 Å². The molecule has 1 saturated heterocycles. The van der Waals surface area contributed by atoms with Crippen LogP contribution in [0.15, 0.2) is 66.9 Å². The summed E-state index contributed by atoms with van der Waals surface area (Å²) in [5.41, 5.74) is 5.41. The normalized spacial score (nSPS) is 16.2. The van der Waals surface area contributed by atoms with Crippen molar-refractivity contribution in [2.75, 3.05) is 51.5 Å². The molecule has 0 spiro atoms. The number of carbonyl (C=O) groups is 3. The number of ether oxygens (including phenoxy) is 3. The molecule has 254 valence electrons. The Morgan fingerprint density at radius 1 is 1.00 bits per heavy atom. The van der Waals surface area contributed by atoms with Crippen LogP contribution in [0, 0.1) is 5.82 Å². The van der Waals surface area contributed by atoms with Gasteiger partial charge in [0.2, 0.25) is 0 Å². The number of methoxy groups -OCH3 is 1. The van der Waals surface area contributed by atoms with Crippen molar-refractivity contribution in [1.29, 1.82) is 0 Å². The summed E-state index contributed by atoms with van der Waals surface area (Å²) in [6.07, 6.45) is 3.48. The topological polar surface area (TPSA) is 127 Å². The second-order valence-corrected chi connectivity index (χ2v) is 12.6. The standard InChI is InChI=1S/C38H34FN5O6/c1-48-32(45)21-28-26(3-2-4-30(28)44-15-18-50-31-20-25(22-5-6-22)19-29(39)33(31)38(44)47)27-11-12-40-36-34(27)41-35(42-36)23-7-9-24(10-8-23)37(46)43-13-16-49-17-14-43/h2-4,7-12,19-20,22H,5-6,13-18,21H2,1H3,(H,40,41,42). The van der Waals surface area contributed by atoms with Crippen molar-refractivity contribution in [3.8, 4) is 28.3 Å². The van der Waals surface area contributed by atoms with Gasteiger partial charge in [0.1, 0.15) is 35.1 Å². The van der Waals surface area contributed by atoms with Gasteiger partial charge in [-0.05, 0) is 71.8 Å². The largest absolute Gasteiger partial charge is 0.491 e. The first-order chi connectivity index (χ1) is 24.4. The van der Waals surface area contributed by atoms with Crippen LogP contribution in [0.4, 0.5) is 10.1 Å². The zero-order chi connectivity index (χ0) is 34.4. The zero-order valence-electron chi connectivity index (χ0n) is 27.4. The number of halogens is 1. The molecule has 11 nitrogen and oxygen atoms in total. The number of nitrogens with one attached hydrogen (secondary N) is 1. The minimum absolute atomic E-state index is 0.0462. The number of anilines is 1. The van der Waals surface area contributed by atoms with E-state index in [-0.39, 0.29) is 36.8 Å². The van der Waals surface area contributed by atoms with Crippen molar-refractivity contribution in [3.63, 3.8) is 0 Å². The van der Waals surface area contributed by atoms with Gasteiger partial charge in [-0.3, -0.25) is 14.4 Å². The summed E-state index contributed by atoms with van der Waals surface area (Å²) in [6, 6.07) is 17.7. The number of nitrogens with zero attached hydrogens (tertiary/aromatic N) is 4. The summed E-state index contributed by atoms with van der Waals surface area (Å²) in [5, 5.41) is 0. The number of morpholine rings is 1. The first kappa shape index (κ1) is 31.6. The number of esters is 1. The third-order valence-corrected chi connectivity index (χ3v) is 9.53. The monoisotopic (exact) mass is 675 g/mol. The molecule has 5 aromatic rings. The summed E-state index contributed by atoms with van der Waals surface area (Å²) in [6.45, 7) is 2.46. The zero-order valence-corrected chi connectivity index (χ0v) is 27.4. The van der Waals surface area contributed by atoms with Gasteiger partial charge in [-0.1, -0.05) is 24.3 Å². The van der Waals surface area contributed by atoms with Gasteiger partial charge >= 0.3 is 5.97 Å². The van der Waals surface area contributed by atoms with E-state index >= 15 is 4.39 Å². The number of rotatable bonds is 7. The van der Waals surface area contributed by atoms with Crippen LogP contribution in [0.1, 0.15) is 50.6 Å². The van der Waals surface area contributed by atoms with Crippen molar-refractivity contribution < 1.29 is 33.0 Å². The highest BCUT2D eigenvalue weighted by Gasteiger charge is 2.33. The average molecular weight is 676 g/mol. The van der Waals surface area contributed by atoms with Crippen LogP contribution in [0.2, 0.25) is 0 Å². The second-order valence-electron chi connectivity index (χ2n) is 12.6. The lowest BCUT2D eigenvalue weighted by Gasteiger charge is -2.26. The predicted molar refractivity (Wildman–Crippen MR) is 183 cm³/mol. The molecule has 4 heterocycles. The third-order valence-electron chi connectivity index (χ3n) is 9.53. The Morgan fingerprint density at radius 2 is 1.80 bits per heavy atom. The molecule has 2 aliphatic heterocycles. The summed E-state index contributed by atoms with van der Waals surface area (Å²) < 4.78 is 32.0. The molecule has 0 unspecified atom stereocenters. The van der Waals surface area contributed by atoms with Crippen LogP contribution < -0.4 is 9.64 Å². The lowest BCUT2D eigenvalue weighted by molar-refractivity contribution is -0.139. The highest BCUT2D eigenvalue weighted by molar-refractivity contribution is 6.10. The first-order valence-electron chi connectivity index (χ1n) is 16.7. The molecule has 2 amide bonds. The van der Waals surface area contributed by atoms with Gasteiger partial charge < -0.3 is 29.0 Å². The summed E-state index contributed by atoms with van der Waals surface area (Å²) in [5.74, 6) is -0.631. The SMILES string of the molecule is COC(=O)Cc1c(-c2ccnc3[nH]c(-c4ccc(C(=O)N5CCOCC5)cc4)nc23)cccc1N1CCOc2cc(C3CC3)cc(F)c2C1=O. The van der Waals surface area contributed by atoms with E-state index in [4.69, 9.17) is 19.2 Å². The highest BCUT2D eigenvalue weighted by Crippen LogP contribution is 2.43. The Morgan fingerprint density at radius 3 is 2.56 bits per heavy atom. The van der Waals surface area contributed by atoms with Crippen molar-refractivity contribution in [2.45, 2.75) is 25.2 Å². The smallest absolute Gasteiger partial charge is 0.310 e. The summed E-state index contributed by atoms with van der Waals surface area (Å²) in [4.78, 5) is 55.9. The van der Waals surface area contributed by atoms with Crippen LogP contribution in [-0.2, 0) is 20.7 Å². The van der Waals surface area contributed by atoms with Crippen molar-refractivity contribution in [3.05, 3.63) is 94.9 Å². The van der Waals surface area contributed by atoms with Gasteiger partial charge in [-0.15, -0.1) is 0 Å². The maximum atomic E-state index is 15.6. The molecule has 50 heavy (non-hydrogen) atoms. The maximum absolute atomic E-state index is 15.6. The molecule has 1 saturated carbocycles. The number of hydrogen-bond acceptors (Lipinski definition) is 8. The van der Waals surface area contributed by atoms with Gasteiger partial charge in [-0.2, -0.15) is 0 Å². The van der Waals surface area contributed by atoms with Crippen LogP contribution in [0.3, 0.4) is 0 Å². The van der Waals surface area contributed by atoms with Crippen molar-refractivity contribution in [1.82, 2.24) is 19.9 Å². The van der Waals surface area contributed by atoms with Gasteiger partial charge in [0.05, 0.1) is 33.3 Å². The molecular weight excluding hydrogens is 641 g/mol. The van der Waals surface area contributed by atoms with E-state index in [9.17, 15) is 14.4 Å². The van der Waals surface area contributed by atoms with E-state index in [1.165, 1.54) is 18.1 Å². The highest BCUT2D eigenvalue weighted by atomic mass is 19.1. The van der Waals surface area contributed by atoms with Crippen LogP contribution in [0.25, 0.3) is 33.7 Å². The number of imidazole rings is 1. The molecule has 0 bridgehead atoms.